The summed E-state index contributed by atoms with van der Waals surface area (Å²) in [7, 11) is -3.71. The Morgan fingerprint density at radius 2 is 1.73 bits per heavy atom. The van der Waals surface area contributed by atoms with Crippen molar-refractivity contribution in [1.82, 2.24) is 4.98 Å². The fourth-order valence-corrected chi connectivity index (χ4v) is 3.36. The van der Waals surface area contributed by atoms with Crippen molar-refractivity contribution in [3.05, 3.63) is 78.2 Å². The van der Waals surface area contributed by atoms with Gasteiger partial charge in [-0.3, -0.25) is 4.72 Å². The van der Waals surface area contributed by atoms with E-state index < -0.39 is 10.0 Å². The minimum absolute atomic E-state index is 0.171. The van der Waals surface area contributed by atoms with E-state index in [0.29, 0.717) is 11.4 Å². The van der Waals surface area contributed by atoms with Gasteiger partial charge in [0, 0.05) is 0 Å². The molecule has 0 saturated heterocycles. The first-order valence-corrected chi connectivity index (χ1v) is 9.55. The lowest BCUT2D eigenvalue weighted by atomic mass is 10.2. The van der Waals surface area contributed by atoms with Gasteiger partial charge in [-0.15, -0.1) is 0 Å². The number of pyridine rings is 1. The van der Waals surface area contributed by atoms with Gasteiger partial charge in [0.05, 0.1) is 22.5 Å². The van der Waals surface area contributed by atoms with Crippen molar-refractivity contribution >= 4 is 27.2 Å². The first-order valence-electron chi connectivity index (χ1n) is 8.07. The van der Waals surface area contributed by atoms with Gasteiger partial charge in [-0.1, -0.05) is 31.2 Å². The van der Waals surface area contributed by atoms with E-state index in [1.807, 2.05) is 6.92 Å². The van der Waals surface area contributed by atoms with Crippen LogP contribution in [-0.4, -0.2) is 13.4 Å². The predicted octanol–water partition coefficient (Wildman–Crippen LogP) is 4.33. The van der Waals surface area contributed by atoms with Crippen LogP contribution in [0.1, 0.15) is 12.5 Å². The second kappa shape index (κ2) is 7.53. The van der Waals surface area contributed by atoms with Crippen LogP contribution in [0.3, 0.4) is 0 Å². The third-order valence-electron chi connectivity index (χ3n) is 3.80. The molecule has 5 nitrogen and oxygen atoms in total. The van der Waals surface area contributed by atoms with Crippen LogP contribution in [0.25, 0.3) is 0 Å². The SMILES string of the molecule is CCc1ccc(S(=O)(=O)Nc2ccc(Nc3ccccc3F)cn2)cc1. The molecule has 3 aromatic rings. The van der Waals surface area contributed by atoms with Gasteiger partial charge in [0.2, 0.25) is 0 Å². The molecule has 3 rings (SSSR count). The van der Waals surface area contributed by atoms with Crippen molar-refractivity contribution in [1.29, 1.82) is 0 Å². The van der Waals surface area contributed by atoms with Gasteiger partial charge in [0.25, 0.3) is 10.0 Å². The van der Waals surface area contributed by atoms with Gasteiger partial charge < -0.3 is 5.32 Å². The average molecular weight is 371 g/mol. The number of hydrogen-bond donors (Lipinski definition) is 2. The highest BCUT2D eigenvalue weighted by Crippen LogP contribution is 2.21. The molecule has 0 aliphatic rings. The molecule has 0 unspecified atom stereocenters. The fourth-order valence-electron chi connectivity index (χ4n) is 2.35. The van der Waals surface area contributed by atoms with Gasteiger partial charge in [0.1, 0.15) is 11.6 Å². The molecule has 0 aliphatic carbocycles. The van der Waals surface area contributed by atoms with Crippen molar-refractivity contribution in [2.75, 3.05) is 10.0 Å². The van der Waals surface area contributed by atoms with Gasteiger partial charge in [0.15, 0.2) is 0 Å². The van der Waals surface area contributed by atoms with Gasteiger partial charge >= 0.3 is 0 Å². The molecule has 0 fully saturated rings. The molecule has 7 heteroatoms. The lowest BCUT2D eigenvalue weighted by Gasteiger charge is -2.10. The molecule has 2 aromatic carbocycles. The zero-order valence-electron chi connectivity index (χ0n) is 14.1. The Morgan fingerprint density at radius 1 is 1.00 bits per heavy atom. The summed E-state index contributed by atoms with van der Waals surface area (Å²) in [6, 6.07) is 16.1. The largest absolute Gasteiger partial charge is 0.352 e. The van der Waals surface area contributed by atoms with E-state index in [4.69, 9.17) is 0 Å². The lowest BCUT2D eigenvalue weighted by Crippen LogP contribution is -2.13. The van der Waals surface area contributed by atoms with Gasteiger partial charge in [-0.05, 0) is 48.4 Å². The van der Waals surface area contributed by atoms with E-state index in [1.165, 1.54) is 18.3 Å². The molecule has 2 N–H and O–H groups in total. The number of hydrogen-bond acceptors (Lipinski definition) is 4. The first-order chi connectivity index (χ1) is 12.5. The second-order valence-electron chi connectivity index (χ2n) is 5.64. The number of para-hydroxylation sites is 1. The van der Waals surface area contributed by atoms with Crippen LogP contribution in [-0.2, 0) is 16.4 Å². The van der Waals surface area contributed by atoms with Crippen LogP contribution >= 0.6 is 0 Å². The van der Waals surface area contributed by atoms with Crippen LogP contribution in [0.15, 0.2) is 71.8 Å². The van der Waals surface area contributed by atoms with Crippen LogP contribution in [0, 0.1) is 5.82 Å². The summed E-state index contributed by atoms with van der Waals surface area (Å²) >= 11 is 0. The summed E-state index contributed by atoms with van der Waals surface area (Å²) in [6.45, 7) is 2.00. The fraction of sp³-hybridized carbons (Fsp3) is 0.105. The number of anilines is 3. The van der Waals surface area contributed by atoms with E-state index in [9.17, 15) is 12.8 Å². The smallest absolute Gasteiger partial charge is 0.263 e. The Labute approximate surface area is 152 Å². The molecule has 0 spiro atoms. The predicted molar refractivity (Wildman–Crippen MR) is 101 cm³/mol. The highest BCUT2D eigenvalue weighted by molar-refractivity contribution is 7.92. The molecular weight excluding hydrogens is 353 g/mol. The second-order valence-corrected chi connectivity index (χ2v) is 7.32. The summed E-state index contributed by atoms with van der Waals surface area (Å²) in [5.74, 6) is -0.198. The van der Waals surface area contributed by atoms with Crippen molar-refractivity contribution in [3.8, 4) is 0 Å². The number of halogens is 1. The number of sulfonamides is 1. The summed E-state index contributed by atoms with van der Waals surface area (Å²) < 4.78 is 40.9. The maximum Gasteiger partial charge on any atom is 0.263 e. The zero-order valence-corrected chi connectivity index (χ0v) is 14.9. The first kappa shape index (κ1) is 17.9. The molecule has 0 atom stereocenters. The number of aromatic nitrogens is 1. The van der Waals surface area contributed by atoms with E-state index in [2.05, 4.69) is 15.0 Å². The Kier molecular flexibility index (Phi) is 5.18. The van der Waals surface area contributed by atoms with E-state index in [0.717, 1.165) is 12.0 Å². The van der Waals surface area contributed by atoms with Crippen LogP contribution in [0.4, 0.5) is 21.6 Å². The topological polar surface area (TPSA) is 71.1 Å². The van der Waals surface area contributed by atoms with Crippen molar-refractivity contribution < 1.29 is 12.8 Å². The average Bonchev–Trinajstić information content (AvgIpc) is 2.65. The van der Waals surface area contributed by atoms with Crippen LogP contribution in [0.5, 0.6) is 0 Å². The minimum Gasteiger partial charge on any atom is -0.352 e. The highest BCUT2D eigenvalue weighted by Gasteiger charge is 2.14. The quantitative estimate of drug-likeness (QED) is 0.677. The normalized spacial score (nSPS) is 11.2. The summed E-state index contributed by atoms with van der Waals surface area (Å²) in [5, 5.41) is 2.89. The van der Waals surface area contributed by atoms with Gasteiger partial charge in [-0.2, -0.15) is 0 Å². The summed E-state index contributed by atoms with van der Waals surface area (Å²) in [5.41, 5.74) is 1.93. The van der Waals surface area contributed by atoms with Gasteiger partial charge in [-0.25, -0.2) is 17.8 Å². The van der Waals surface area contributed by atoms with Crippen molar-refractivity contribution in [2.24, 2.45) is 0 Å². The number of nitrogens with zero attached hydrogens (tertiary/aromatic N) is 1. The Bertz CT molecular complexity index is 988. The lowest BCUT2D eigenvalue weighted by molar-refractivity contribution is 0.601. The number of nitrogens with one attached hydrogen (secondary N) is 2. The molecule has 0 amide bonds. The molecule has 0 aliphatic heterocycles. The third-order valence-corrected chi connectivity index (χ3v) is 5.17. The summed E-state index contributed by atoms with van der Waals surface area (Å²) in [4.78, 5) is 4.25. The third kappa shape index (κ3) is 4.18. The molecule has 134 valence electrons. The zero-order chi connectivity index (χ0) is 18.6. The molecule has 0 radical (unpaired) electrons. The van der Waals surface area contributed by atoms with E-state index in [1.54, 1.807) is 48.5 Å². The molecule has 0 saturated carbocycles. The highest BCUT2D eigenvalue weighted by atomic mass is 32.2. The van der Waals surface area contributed by atoms with E-state index >= 15 is 0 Å². The molecule has 1 aromatic heterocycles. The van der Waals surface area contributed by atoms with Crippen LogP contribution in [0.2, 0.25) is 0 Å². The maximum atomic E-state index is 13.6. The molecule has 1 heterocycles. The standard InChI is InChI=1S/C19H18FN3O2S/c1-2-14-7-10-16(11-8-14)26(24,25)23-19-12-9-15(13-21-19)22-18-6-4-3-5-17(18)20/h3-13,22H,2H2,1H3,(H,21,23). The monoisotopic (exact) mass is 371 g/mol. The molecule has 0 bridgehead atoms. The Morgan fingerprint density at radius 3 is 2.35 bits per heavy atom. The maximum absolute atomic E-state index is 13.6. The summed E-state index contributed by atoms with van der Waals surface area (Å²) in [6.07, 6.45) is 2.27. The van der Waals surface area contributed by atoms with Crippen molar-refractivity contribution in [2.45, 2.75) is 18.2 Å². The Hall–Kier alpha value is -2.93. The minimum atomic E-state index is -3.71. The van der Waals surface area contributed by atoms with E-state index in [-0.39, 0.29) is 16.5 Å². The number of benzene rings is 2. The Balaban J connectivity index is 1.73. The van der Waals surface area contributed by atoms with Crippen molar-refractivity contribution in [3.63, 3.8) is 0 Å². The molecular formula is C19H18FN3O2S. The number of aryl methyl sites for hydroxylation is 1. The molecule has 26 heavy (non-hydrogen) atoms. The number of rotatable bonds is 6. The van der Waals surface area contributed by atoms with Crippen LogP contribution < -0.4 is 10.0 Å².